The van der Waals surface area contributed by atoms with Crippen molar-refractivity contribution in [1.82, 2.24) is 0 Å². The Morgan fingerprint density at radius 3 is 2.67 bits per heavy atom. The van der Waals surface area contributed by atoms with Gasteiger partial charge in [0.1, 0.15) is 7.85 Å². The molecule has 0 saturated heterocycles. The van der Waals surface area contributed by atoms with Crippen molar-refractivity contribution in [2.24, 2.45) is 0 Å². The van der Waals surface area contributed by atoms with Crippen LogP contribution in [-0.4, -0.2) is 14.4 Å². The lowest BCUT2D eigenvalue weighted by molar-refractivity contribution is 0.637. The number of fused-ring (bicyclic) bond motifs is 1. The highest BCUT2D eigenvalue weighted by molar-refractivity contribution is 6.32. The molecule has 1 aromatic carbocycles. The lowest BCUT2D eigenvalue weighted by Crippen LogP contribution is -2.24. The van der Waals surface area contributed by atoms with Crippen LogP contribution in [0.5, 0.6) is 0 Å². The van der Waals surface area contributed by atoms with Gasteiger partial charge in [0.2, 0.25) is 0 Å². The van der Waals surface area contributed by atoms with Crippen LogP contribution in [0.2, 0.25) is 0 Å². The van der Waals surface area contributed by atoms with Crippen molar-refractivity contribution in [1.29, 1.82) is 0 Å². The van der Waals surface area contributed by atoms with Crippen molar-refractivity contribution in [3.63, 3.8) is 0 Å². The van der Waals surface area contributed by atoms with Gasteiger partial charge >= 0.3 is 0 Å². The molecule has 0 saturated carbocycles. The van der Waals surface area contributed by atoms with E-state index < -0.39 is 0 Å². The highest BCUT2D eigenvalue weighted by Gasteiger charge is 2.37. The SMILES string of the molecule is [B]c1ccc2c(c1)C(C)(C)C(=C)N2CC. The Labute approximate surface area is 93.2 Å². The zero-order chi connectivity index (χ0) is 11.2. The van der Waals surface area contributed by atoms with E-state index in [9.17, 15) is 0 Å². The molecule has 1 aliphatic rings. The standard InChI is InChI=1S/C13H16BN/c1-5-15-9(2)13(3,4)11-8-10(14)6-7-12(11)15/h6-8H,2,5H2,1,3-4H3. The average Bonchev–Trinajstić information content (AvgIpc) is 2.37. The second-order valence-corrected chi connectivity index (χ2v) is 4.59. The molecule has 1 nitrogen and oxygen atoms in total. The first kappa shape index (κ1) is 10.3. The first-order valence-electron chi connectivity index (χ1n) is 5.35. The Balaban J connectivity index is 2.65. The number of anilines is 1. The van der Waals surface area contributed by atoms with Gasteiger partial charge in [0.25, 0.3) is 0 Å². The van der Waals surface area contributed by atoms with E-state index in [1.165, 1.54) is 11.3 Å². The van der Waals surface area contributed by atoms with Crippen LogP contribution in [0.3, 0.4) is 0 Å². The second-order valence-electron chi connectivity index (χ2n) is 4.59. The summed E-state index contributed by atoms with van der Waals surface area (Å²) in [7, 11) is 5.84. The van der Waals surface area contributed by atoms with Gasteiger partial charge in [0.05, 0.1) is 0 Å². The summed E-state index contributed by atoms with van der Waals surface area (Å²) in [5, 5.41) is 0. The lowest BCUT2D eigenvalue weighted by Gasteiger charge is -2.24. The molecular formula is C13H16BN. The molecule has 0 N–H and O–H groups in total. The van der Waals surface area contributed by atoms with Crippen molar-refractivity contribution < 1.29 is 0 Å². The molecule has 0 amide bonds. The molecule has 0 spiro atoms. The van der Waals surface area contributed by atoms with E-state index >= 15 is 0 Å². The Morgan fingerprint density at radius 1 is 1.40 bits per heavy atom. The molecule has 2 heteroatoms. The zero-order valence-electron chi connectivity index (χ0n) is 9.67. The summed E-state index contributed by atoms with van der Waals surface area (Å²) in [6, 6.07) is 6.11. The first-order chi connectivity index (χ1) is 6.98. The number of benzene rings is 1. The molecule has 0 bridgehead atoms. The fourth-order valence-electron chi connectivity index (χ4n) is 2.29. The van der Waals surface area contributed by atoms with Crippen LogP contribution >= 0.6 is 0 Å². The van der Waals surface area contributed by atoms with Crippen LogP contribution in [0.25, 0.3) is 0 Å². The summed E-state index contributed by atoms with van der Waals surface area (Å²) in [6.45, 7) is 11.7. The van der Waals surface area contributed by atoms with Crippen molar-refractivity contribution >= 4 is 19.0 Å². The Kier molecular flexibility index (Phi) is 2.18. The highest BCUT2D eigenvalue weighted by Crippen LogP contribution is 2.45. The summed E-state index contributed by atoms with van der Waals surface area (Å²) in [6.07, 6.45) is 0. The number of hydrogen-bond donors (Lipinski definition) is 0. The van der Waals surface area contributed by atoms with E-state index in [-0.39, 0.29) is 5.41 Å². The monoisotopic (exact) mass is 197 g/mol. The van der Waals surface area contributed by atoms with Crippen molar-refractivity contribution in [3.05, 3.63) is 36.0 Å². The fraction of sp³-hybridized carbons (Fsp3) is 0.385. The molecule has 0 unspecified atom stereocenters. The number of nitrogens with zero attached hydrogens (tertiary/aromatic N) is 1. The number of likely N-dealkylation sites (N-methyl/N-ethyl adjacent to an activating group) is 1. The predicted octanol–water partition coefficient (Wildman–Crippen LogP) is 2.11. The van der Waals surface area contributed by atoms with Crippen LogP contribution in [0.1, 0.15) is 26.3 Å². The summed E-state index contributed by atoms with van der Waals surface area (Å²) >= 11 is 0. The fourth-order valence-corrected chi connectivity index (χ4v) is 2.29. The van der Waals surface area contributed by atoms with Crippen LogP contribution < -0.4 is 10.4 Å². The molecule has 2 rings (SSSR count). The van der Waals surface area contributed by atoms with Gasteiger partial charge in [-0.3, -0.25) is 0 Å². The number of hydrogen-bond acceptors (Lipinski definition) is 1. The molecule has 0 fully saturated rings. The van der Waals surface area contributed by atoms with Gasteiger partial charge in [-0.2, -0.15) is 0 Å². The van der Waals surface area contributed by atoms with Gasteiger partial charge in [-0.05, 0) is 18.6 Å². The molecule has 0 aliphatic carbocycles. The lowest BCUT2D eigenvalue weighted by atomic mass is 9.81. The maximum atomic E-state index is 5.84. The van der Waals surface area contributed by atoms with E-state index in [1.807, 2.05) is 6.07 Å². The van der Waals surface area contributed by atoms with Crippen molar-refractivity contribution in [2.75, 3.05) is 11.4 Å². The van der Waals surface area contributed by atoms with Gasteiger partial charge in [-0.15, -0.1) is 0 Å². The third-order valence-electron chi connectivity index (χ3n) is 3.35. The van der Waals surface area contributed by atoms with Gasteiger partial charge in [-0.1, -0.05) is 38.0 Å². The molecule has 1 aromatic rings. The van der Waals surface area contributed by atoms with Crippen LogP contribution in [0, 0.1) is 0 Å². The second kappa shape index (κ2) is 3.16. The van der Waals surface area contributed by atoms with Gasteiger partial charge < -0.3 is 4.90 Å². The molecular weight excluding hydrogens is 181 g/mol. The minimum absolute atomic E-state index is 0.000718. The zero-order valence-corrected chi connectivity index (χ0v) is 9.67. The Hall–Kier alpha value is -1.18. The van der Waals surface area contributed by atoms with Gasteiger partial charge in [0, 0.05) is 23.3 Å². The van der Waals surface area contributed by atoms with Gasteiger partial charge in [-0.25, -0.2) is 0 Å². The maximum absolute atomic E-state index is 5.84. The molecule has 1 aliphatic heterocycles. The smallest absolute Gasteiger partial charge is 0.113 e. The Morgan fingerprint density at radius 2 is 2.07 bits per heavy atom. The summed E-state index contributed by atoms with van der Waals surface area (Å²) < 4.78 is 0. The van der Waals surface area contributed by atoms with Crippen LogP contribution in [0.4, 0.5) is 5.69 Å². The van der Waals surface area contributed by atoms with Crippen molar-refractivity contribution in [2.45, 2.75) is 26.2 Å². The van der Waals surface area contributed by atoms with E-state index in [0.29, 0.717) is 0 Å². The molecule has 0 aromatic heterocycles. The first-order valence-corrected chi connectivity index (χ1v) is 5.35. The van der Waals surface area contributed by atoms with Crippen molar-refractivity contribution in [3.8, 4) is 0 Å². The summed E-state index contributed by atoms with van der Waals surface area (Å²) in [5.41, 5.74) is 4.52. The molecule has 1 heterocycles. The molecule has 0 atom stereocenters. The maximum Gasteiger partial charge on any atom is 0.113 e. The van der Waals surface area contributed by atoms with Crippen LogP contribution in [-0.2, 0) is 5.41 Å². The topological polar surface area (TPSA) is 3.24 Å². The molecule has 76 valence electrons. The normalized spacial score (nSPS) is 18.1. The van der Waals surface area contributed by atoms with Crippen LogP contribution in [0.15, 0.2) is 30.5 Å². The highest BCUT2D eigenvalue weighted by atomic mass is 15.2. The summed E-state index contributed by atoms with van der Waals surface area (Å²) in [5.74, 6) is 0. The predicted molar refractivity (Wildman–Crippen MR) is 67.0 cm³/mol. The average molecular weight is 197 g/mol. The third-order valence-corrected chi connectivity index (χ3v) is 3.35. The number of allylic oxidation sites excluding steroid dienone is 1. The largest absolute Gasteiger partial charge is 0.345 e. The van der Waals surface area contributed by atoms with E-state index in [0.717, 1.165) is 17.7 Å². The summed E-state index contributed by atoms with van der Waals surface area (Å²) in [4.78, 5) is 2.26. The minimum atomic E-state index is 0.000718. The minimum Gasteiger partial charge on any atom is -0.345 e. The van der Waals surface area contributed by atoms with E-state index in [1.54, 1.807) is 0 Å². The molecule has 2 radical (unpaired) electrons. The van der Waals surface area contributed by atoms with E-state index in [4.69, 9.17) is 7.85 Å². The molecule has 15 heavy (non-hydrogen) atoms. The quantitative estimate of drug-likeness (QED) is 0.623. The van der Waals surface area contributed by atoms with E-state index in [2.05, 4.69) is 44.4 Å². The van der Waals surface area contributed by atoms with Gasteiger partial charge in [0.15, 0.2) is 0 Å². The number of rotatable bonds is 1. The third kappa shape index (κ3) is 1.31. The Bertz CT molecular complexity index is 421.